The summed E-state index contributed by atoms with van der Waals surface area (Å²) >= 11 is 4.79. The molecule has 0 atom stereocenters. The lowest BCUT2D eigenvalue weighted by Crippen LogP contribution is -2.11. The SMILES string of the molecule is O=C(Nc1nc(-c2ccc3ccccc3c2)cs1)c1ccc(Br)cc1. The molecule has 0 aliphatic rings. The summed E-state index contributed by atoms with van der Waals surface area (Å²) in [5.41, 5.74) is 2.51. The number of nitrogens with one attached hydrogen (secondary N) is 1. The van der Waals surface area contributed by atoms with Crippen LogP contribution < -0.4 is 5.32 Å². The third-order valence-electron chi connectivity index (χ3n) is 3.88. The van der Waals surface area contributed by atoms with E-state index in [0.29, 0.717) is 10.7 Å². The Morgan fingerprint density at radius 3 is 2.52 bits per heavy atom. The molecule has 1 amide bonds. The van der Waals surface area contributed by atoms with Crippen molar-refractivity contribution in [1.29, 1.82) is 0 Å². The zero-order chi connectivity index (χ0) is 17.2. The minimum Gasteiger partial charge on any atom is -0.298 e. The van der Waals surface area contributed by atoms with Crippen LogP contribution >= 0.6 is 27.3 Å². The Hall–Kier alpha value is -2.50. The highest BCUT2D eigenvalue weighted by Crippen LogP contribution is 2.28. The molecule has 0 aliphatic carbocycles. The number of halogens is 1. The first-order valence-corrected chi connectivity index (χ1v) is 9.38. The van der Waals surface area contributed by atoms with Gasteiger partial charge in [0.2, 0.25) is 0 Å². The van der Waals surface area contributed by atoms with Gasteiger partial charge in [0.05, 0.1) is 5.69 Å². The van der Waals surface area contributed by atoms with E-state index in [0.717, 1.165) is 15.7 Å². The number of rotatable bonds is 3. The first-order chi connectivity index (χ1) is 12.2. The smallest absolute Gasteiger partial charge is 0.257 e. The van der Waals surface area contributed by atoms with Gasteiger partial charge in [-0.3, -0.25) is 10.1 Å². The number of amides is 1. The Kier molecular flexibility index (Phi) is 4.34. The number of thiazole rings is 1. The number of hydrogen-bond acceptors (Lipinski definition) is 3. The second-order valence-electron chi connectivity index (χ2n) is 5.56. The number of carbonyl (C=O) groups is 1. The lowest BCUT2D eigenvalue weighted by molar-refractivity contribution is 0.102. The van der Waals surface area contributed by atoms with E-state index in [1.165, 1.54) is 22.1 Å². The minimum atomic E-state index is -0.160. The molecule has 1 aromatic heterocycles. The van der Waals surface area contributed by atoms with E-state index in [2.05, 4.69) is 56.6 Å². The quantitative estimate of drug-likeness (QED) is 0.453. The van der Waals surface area contributed by atoms with Crippen LogP contribution in [0.2, 0.25) is 0 Å². The molecule has 0 fully saturated rings. The summed E-state index contributed by atoms with van der Waals surface area (Å²) in [7, 11) is 0. The van der Waals surface area contributed by atoms with Crippen molar-refractivity contribution >= 4 is 49.1 Å². The van der Waals surface area contributed by atoms with Gasteiger partial charge < -0.3 is 0 Å². The van der Waals surface area contributed by atoms with Crippen molar-refractivity contribution in [2.45, 2.75) is 0 Å². The first kappa shape index (κ1) is 16.0. The highest BCUT2D eigenvalue weighted by atomic mass is 79.9. The van der Waals surface area contributed by atoms with Crippen molar-refractivity contribution in [3.05, 3.63) is 82.1 Å². The lowest BCUT2D eigenvalue weighted by atomic mass is 10.1. The largest absolute Gasteiger partial charge is 0.298 e. The fourth-order valence-electron chi connectivity index (χ4n) is 2.58. The van der Waals surface area contributed by atoms with Crippen LogP contribution in [0.15, 0.2) is 76.6 Å². The number of fused-ring (bicyclic) bond motifs is 1. The van der Waals surface area contributed by atoms with Gasteiger partial charge in [-0.1, -0.05) is 52.3 Å². The summed E-state index contributed by atoms with van der Waals surface area (Å²) in [5.74, 6) is -0.160. The van der Waals surface area contributed by atoms with Crippen molar-refractivity contribution in [1.82, 2.24) is 4.98 Å². The molecule has 0 saturated carbocycles. The van der Waals surface area contributed by atoms with Crippen molar-refractivity contribution in [3.63, 3.8) is 0 Å². The molecule has 3 nitrogen and oxygen atoms in total. The number of anilines is 1. The van der Waals surface area contributed by atoms with Crippen LogP contribution in [0, 0.1) is 0 Å². The molecule has 0 spiro atoms. The molecular weight excluding hydrogens is 396 g/mol. The van der Waals surface area contributed by atoms with Crippen molar-refractivity contribution in [3.8, 4) is 11.3 Å². The molecule has 0 radical (unpaired) electrons. The maximum atomic E-state index is 12.3. The molecule has 0 aliphatic heterocycles. The molecule has 4 rings (SSSR count). The summed E-state index contributed by atoms with van der Waals surface area (Å²) in [5, 5.41) is 7.79. The zero-order valence-corrected chi connectivity index (χ0v) is 15.5. The van der Waals surface area contributed by atoms with E-state index >= 15 is 0 Å². The van der Waals surface area contributed by atoms with Crippen molar-refractivity contribution < 1.29 is 4.79 Å². The summed E-state index contributed by atoms with van der Waals surface area (Å²) < 4.78 is 0.942. The third kappa shape index (κ3) is 3.48. The second kappa shape index (κ2) is 6.78. The molecule has 25 heavy (non-hydrogen) atoms. The van der Waals surface area contributed by atoms with Gasteiger partial charge in [-0.15, -0.1) is 11.3 Å². The second-order valence-corrected chi connectivity index (χ2v) is 7.33. The molecular formula is C20H13BrN2OS. The van der Waals surface area contributed by atoms with Crippen LogP contribution in [0.4, 0.5) is 5.13 Å². The van der Waals surface area contributed by atoms with Crippen LogP contribution in [-0.2, 0) is 0 Å². The van der Waals surface area contributed by atoms with Crippen LogP contribution in [0.1, 0.15) is 10.4 Å². The molecule has 5 heteroatoms. The summed E-state index contributed by atoms with van der Waals surface area (Å²) in [6.07, 6.45) is 0. The number of nitrogens with zero attached hydrogens (tertiary/aromatic N) is 1. The topological polar surface area (TPSA) is 42.0 Å². The van der Waals surface area contributed by atoms with E-state index < -0.39 is 0 Å². The summed E-state index contributed by atoms with van der Waals surface area (Å²) in [6, 6.07) is 21.7. The molecule has 0 unspecified atom stereocenters. The lowest BCUT2D eigenvalue weighted by Gasteiger charge is -2.02. The van der Waals surface area contributed by atoms with Crippen LogP contribution in [0.3, 0.4) is 0 Å². The van der Waals surface area contributed by atoms with E-state index in [9.17, 15) is 4.79 Å². The predicted octanol–water partition coefficient (Wildman–Crippen LogP) is 5.98. The van der Waals surface area contributed by atoms with Gasteiger partial charge in [0, 0.05) is 21.0 Å². The number of aromatic nitrogens is 1. The third-order valence-corrected chi connectivity index (χ3v) is 5.16. The molecule has 3 aromatic carbocycles. The zero-order valence-electron chi connectivity index (χ0n) is 13.1. The van der Waals surface area contributed by atoms with Crippen molar-refractivity contribution in [2.75, 3.05) is 5.32 Å². The van der Waals surface area contributed by atoms with Gasteiger partial charge in [-0.2, -0.15) is 0 Å². The normalized spacial score (nSPS) is 10.8. The van der Waals surface area contributed by atoms with E-state index in [1.807, 2.05) is 29.6 Å². The van der Waals surface area contributed by atoms with Crippen LogP contribution in [0.25, 0.3) is 22.0 Å². The van der Waals surface area contributed by atoms with Gasteiger partial charge in [0.25, 0.3) is 5.91 Å². The van der Waals surface area contributed by atoms with Gasteiger partial charge in [0.15, 0.2) is 5.13 Å². The van der Waals surface area contributed by atoms with Gasteiger partial charge in [-0.25, -0.2) is 4.98 Å². The van der Waals surface area contributed by atoms with E-state index in [4.69, 9.17) is 0 Å². The monoisotopic (exact) mass is 408 g/mol. The number of benzene rings is 3. The molecule has 122 valence electrons. The Bertz CT molecular complexity index is 1060. The molecule has 0 bridgehead atoms. The average Bonchev–Trinajstić information content (AvgIpc) is 3.10. The molecule has 0 saturated heterocycles. The minimum absolute atomic E-state index is 0.160. The van der Waals surface area contributed by atoms with Crippen molar-refractivity contribution in [2.24, 2.45) is 0 Å². The van der Waals surface area contributed by atoms with Gasteiger partial charge >= 0.3 is 0 Å². The molecule has 4 aromatic rings. The summed E-state index contributed by atoms with van der Waals surface area (Å²) in [6.45, 7) is 0. The molecule has 1 N–H and O–H groups in total. The fraction of sp³-hybridized carbons (Fsp3) is 0. The highest BCUT2D eigenvalue weighted by Gasteiger charge is 2.10. The standard InChI is InChI=1S/C20H13BrN2OS/c21-17-9-7-14(8-10-17)19(24)23-20-22-18(12-25-20)16-6-5-13-3-1-2-4-15(13)11-16/h1-12H,(H,22,23,24). The molecule has 1 heterocycles. The predicted molar refractivity (Wildman–Crippen MR) is 107 cm³/mol. The maximum Gasteiger partial charge on any atom is 0.257 e. The number of hydrogen-bond donors (Lipinski definition) is 1. The van der Waals surface area contributed by atoms with E-state index in [-0.39, 0.29) is 5.91 Å². The Balaban J connectivity index is 1.56. The van der Waals surface area contributed by atoms with E-state index in [1.54, 1.807) is 12.1 Å². The number of carbonyl (C=O) groups excluding carboxylic acids is 1. The Morgan fingerprint density at radius 1 is 0.960 bits per heavy atom. The van der Waals surface area contributed by atoms with Gasteiger partial charge in [0.1, 0.15) is 0 Å². The average molecular weight is 409 g/mol. The fourth-order valence-corrected chi connectivity index (χ4v) is 3.56. The summed E-state index contributed by atoms with van der Waals surface area (Å²) in [4.78, 5) is 16.8. The van der Waals surface area contributed by atoms with Crippen LogP contribution in [-0.4, -0.2) is 10.9 Å². The van der Waals surface area contributed by atoms with Gasteiger partial charge in [-0.05, 0) is 41.1 Å². The first-order valence-electron chi connectivity index (χ1n) is 7.71. The Labute approximate surface area is 157 Å². The highest BCUT2D eigenvalue weighted by molar-refractivity contribution is 9.10. The Morgan fingerprint density at radius 2 is 1.72 bits per heavy atom. The van der Waals surface area contributed by atoms with Crippen LogP contribution in [0.5, 0.6) is 0 Å². The maximum absolute atomic E-state index is 12.3.